The van der Waals surface area contributed by atoms with Crippen LogP contribution in [-0.2, 0) is 14.3 Å². The minimum atomic E-state index is -0.787. The topological polar surface area (TPSA) is 87.7 Å². The van der Waals surface area contributed by atoms with E-state index in [2.05, 4.69) is 10.6 Å². The number of carbonyl (C=O) groups is 3. The number of amides is 3. The van der Waals surface area contributed by atoms with Crippen molar-refractivity contribution in [1.29, 1.82) is 0 Å². The summed E-state index contributed by atoms with van der Waals surface area (Å²) in [6, 6.07) is 4.57. The molecule has 0 heterocycles. The first-order chi connectivity index (χ1) is 17.9. The van der Waals surface area contributed by atoms with Crippen molar-refractivity contribution in [2.45, 2.75) is 136 Å². The Kier molecular flexibility index (Phi) is 10.2. The molecule has 1 aromatic carbocycles. The van der Waals surface area contributed by atoms with Gasteiger partial charge in [-0.15, -0.1) is 0 Å². The number of hydrogen-bond donors (Lipinski definition) is 2. The standard InChI is InChI=1S/C31H49N3O4/c1-8-20(2)26(33-30(37)38-31(5,6)7)29(36)34(24-18-13-19-24)27(25-21(3)14-12-15-22(25)4)28(35)32-23-16-10-9-11-17-23/h12,14-15,20,23-24,26-27H,8-11,13,16-19H2,1-7H3,(H,32,35)(H,33,37). The molecule has 3 atom stereocenters. The van der Waals surface area contributed by atoms with Gasteiger partial charge in [-0.05, 0) is 89.3 Å². The average Bonchev–Trinajstić information content (AvgIpc) is 2.81. The number of rotatable bonds is 9. The van der Waals surface area contributed by atoms with Crippen molar-refractivity contribution in [3.8, 4) is 0 Å². The first-order valence-electron chi connectivity index (χ1n) is 14.6. The lowest BCUT2D eigenvalue weighted by Crippen LogP contribution is -2.59. The first-order valence-corrected chi connectivity index (χ1v) is 14.6. The summed E-state index contributed by atoms with van der Waals surface area (Å²) in [7, 11) is 0. The second-order valence-electron chi connectivity index (χ2n) is 12.4. The van der Waals surface area contributed by atoms with E-state index in [0.29, 0.717) is 6.42 Å². The van der Waals surface area contributed by atoms with Gasteiger partial charge in [0.15, 0.2) is 0 Å². The molecule has 0 aliphatic heterocycles. The zero-order valence-electron chi connectivity index (χ0n) is 24.6. The van der Waals surface area contributed by atoms with Gasteiger partial charge in [0.05, 0.1) is 0 Å². The quantitative estimate of drug-likeness (QED) is 0.405. The number of ether oxygens (including phenoxy) is 1. The Morgan fingerprint density at radius 1 is 1.00 bits per heavy atom. The normalized spacial score (nSPS) is 19.0. The predicted octanol–water partition coefficient (Wildman–Crippen LogP) is 6.11. The molecule has 212 valence electrons. The van der Waals surface area contributed by atoms with Crippen LogP contribution in [0.2, 0.25) is 0 Å². The van der Waals surface area contributed by atoms with Crippen molar-refractivity contribution in [2.24, 2.45) is 5.92 Å². The maximum absolute atomic E-state index is 14.5. The molecule has 1 aromatic rings. The van der Waals surface area contributed by atoms with Gasteiger partial charge in [-0.2, -0.15) is 0 Å². The van der Waals surface area contributed by atoms with Crippen LogP contribution in [0.25, 0.3) is 0 Å². The lowest BCUT2D eigenvalue weighted by molar-refractivity contribution is -0.148. The zero-order valence-corrected chi connectivity index (χ0v) is 24.6. The highest BCUT2D eigenvalue weighted by Crippen LogP contribution is 2.37. The summed E-state index contributed by atoms with van der Waals surface area (Å²) in [5, 5.41) is 6.20. The van der Waals surface area contributed by atoms with Crippen molar-refractivity contribution in [1.82, 2.24) is 15.5 Å². The number of aryl methyl sites for hydroxylation is 2. The van der Waals surface area contributed by atoms with Crippen LogP contribution in [0.3, 0.4) is 0 Å². The molecule has 0 bridgehead atoms. The Labute approximate surface area is 229 Å². The van der Waals surface area contributed by atoms with Gasteiger partial charge >= 0.3 is 6.09 Å². The van der Waals surface area contributed by atoms with Gasteiger partial charge < -0.3 is 20.3 Å². The third-order valence-corrected chi connectivity index (χ3v) is 8.17. The summed E-state index contributed by atoms with van der Waals surface area (Å²) in [6.07, 6.45) is 8.18. The molecule has 3 unspecified atom stereocenters. The molecule has 3 amide bonds. The van der Waals surface area contributed by atoms with Gasteiger partial charge in [-0.25, -0.2) is 4.79 Å². The Hall–Kier alpha value is -2.57. The van der Waals surface area contributed by atoms with Crippen molar-refractivity contribution >= 4 is 17.9 Å². The fourth-order valence-corrected chi connectivity index (χ4v) is 5.64. The Bertz CT molecular complexity index is 956. The molecule has 0 aromatic heterocycles. The molecular weight excluding hydrogens is 478 g/mol. The van der Waals surface area contributed by atoms with E-state index in [9.17, 15) is 14.4 Å². The molecule has 7 heteroatoms. The smallest absolute Gasteiger partial charge is 0.408 e. The number of alkyl carbamates (subject to hydrolysis) is 1. The first kappa shape index (κ1) is 30.0. The number of nitrogens with zero attached hydrogens (tertiary/aromatic N) is 1. The lowest BCUT2D eigenvalue weighted by Gasteiger charge is -2.45. The van der Waals surface area contributed by atoms with Gasteiger partial charge in [0.2, 0.25) is 11.8 Å². The molecule has 2 aliphatic rings. The Morgan fingerprint density at radius 3 is 2.11 bits per heavy atom. The second-order valence-corrected chi connectivity index (χ2v) is 12.4. The average molecular weight is 528 g/mol. The highest BCUT2D eigenvalue weighted by atomic mass is 16.6. The van der Waals surface area contributed by atoms with E-state index in [1.807, 2.05) is 50.8 Å². The molecule has 38 heavy (non-hydrogen) atoms. The summed E-state index contributed by atoms with van der Waals surface area (Å²) in [5.74, 6) is -0.450. The van der Waals surface area contributed by atoms with Gasteiger partial charge in [-0.1, -0.05) is 57.7 Å². The van der Waals surface area contributed by atoms with Crippen LogP contribution in [0.4, 0.5) is 4.79 Å². The van der Waals surface area contributed by atoms with E-state index in [-0.39, 0.29) is 29.8 Å². The number of carbonyl (C=O) groups excluding carboxylic acids is 3. The third-order valence-electron chi connectivity index (χ3n) is 8.17. The van der Waals surface area contributed by atoms with E-state index in [4.69, 9.17) is 4.74 Å². The maximum Gasteiger partial charge on any atom is 0.408 e. The highest BCUT2D eigenvalue weighted by molar-refractivity contribution is 5.93. The van der Waals surface area contributed by atoms with Crippen LogP contribution in [0.15, 0.2) is 18.2 Å². The second kappa shape index (κ2) is 13.0. The van der Waals surface area contributed by atoms with E-state index >= 15 is 0 Å². The Morgan fingerprint density at radius 2 is 1.61 bits per heavy atom. The van der Waals surface area contributed by atoms with Crippen LogP contribution >= 0.6 is 0 Å². The number of nitrogens with one attached hydrogen (secondary N) is 2. The van der Waals surface area contributed by atoms with Crippen molar-refractivity contribution in [3.05, 3.63) is 34.9 Å². The molecule has 2 fully saturated rings. The van der Waals surface area contributed by atoms with E-state index in [0.717, 1.165) is 61.6 Å². The predicted molar refractivity (Wildman–Crippen MR) is 151 cm³/mol. The van der Waals surface area contributed by atoms with Crippen LogP contribution in [0.5, 0.6) is 0 Å². The van der Waals surface area contributed by atoms with Crippen molar-refractivity contribution in [2.75, 3.05) is 0 Å². The molecule has 0 saturated heterocycles. The number of hydrogen-bond acceptors (Lipinski definition) is 4. The summed E-state index contributed by atoms with van der Waals surface area (Å²) in [5.41, 5.74) is 2.19. The molecule has 0 radical (unpaired) electrons. The largest absolute Gasteiger partial charge is 0.444 e. The van der Waals surface area contributed by atoms with Crippen LogP contribution < -0.4 is 10.6 Å². The molecule has 7 nitrogen and oxygen atoms in total. The van der Waals surface area contributed by atoms with Gasteiger partial charge in [-0.3, -0.25) is 9.59 Å². The maximum atomic E-state index is 14.5. The van der Waals surface area contributed by atoms with E-state index in [1.54, 1.807) is 20.8 Å². The minimum absolute atomic E-state index is 0.0457. The van der Waals surface area contributed by atoms with Crippen molar-refractivity contribution in [3.63, 3.8) is 0 Å². The molecule has 2 saturated carbocycles. The van der Waals surface area contributed by atoms with Crippen LogP contribution in [-0.4, -0.2) is 46.5 Å². The summed E-state index contributed by atoms with van der Waals surface area (Å²) < 4.78 is 5.52. The fourth-order valence-electron chi connectivity index (χ4n) is 5.64. The number of benzene rings is 1. The third kappa shape index (κ3) is 7.51. The van der Waals surface area contributed by atoms with E-state index < -0.39 is 23.8 Å². The van der Waals surface area contributed by atoms with Gasteiger partial charge in [0.25, 0.3) is 0 Å². The van der Waals surface area contributed by atoms with E-state index in [1.165, 1.54) is 6.42 Å². The summed E-state index contributed by atoms with van der Waals surface area (Å²) in [4.78, 5) is 43.3. The monoisotopic (exact) mass is 527 g/mol. The SMILES string of the molecule is CCC(C)C(NC(=O)OC(C)(C)C)C(=O)N(C1CCC1)C(C(=O)NC1CCCCC1)c1c(C)cccc1C. The minimum Gasteiger partial charge on any atom is -0.444 e. The molecule has 2 aliphatic carbocycles. The van der Waals surface area contributed by atoms with Crippen LogP contribution in [0, 0.1) is 19.8 Å². The molecular formula is C31H49N3O4. The van der Waals surface area contributed by atoms with Crippen molar-refractivity contribution < 1.29 is 19.1 Å². The summed E-state index contributed by atoms with van der Waals surface area (Å²) >= 11 is 0. The summed E-state index contributed by atoms with van der Waals surface area (Å²) in [6.45, 7) is 13.4. The molecule has 3 rings (SSSR count). The van der Waals surface area contributed by atoms with Gasteiger partial charge in [0.1, 0.15) is 17.7 Å². The zero-order chi connectivity index (χ0) is 28.0. The highest BCUT2D eigenvalue weighted by Gasteiger charge is 2.44. The van der Waals surface area contributed by atoms with Gasteiger partial charge in [0, 0.05) is 12.1 Å². The fraction of sp³-hybridized carbons (Fsp3) is 0.710. The molecule has 0 spiro atoms. The van der Waals surface area contributed by atoms with Crippen LogP contribution in [0.1, 0.15) is 115 Å². The molecule has 2 N–H and O–H groups in total. The lowest BCUT2D eigenvalue weighted by atomic mass is 9.85. The Balaban J connectivity index is 2.03.